The van der Waals surface area contributed by atoms with Crippen LogP contribution in [0.15, 0.2) is 18.2 Å². The maximum absolute atomic E-state index is 11.1. The van der Waals surface area contributed by atoms with Gasteiger partial charge < -0.3 is 20.1 Å². The lowest BCUT2D eigenvalue weighted by molar-refractivity contribution is -0.120. The maximum atomic E-state index is 11.1. The molecule has 1 amide bonds. The number of amides is 1. The van der Waals surface area contributed by atoms with Crippen LogP contribution in [0.4, 0.5) is 0 Å². The third kappa shape index (κ3) is 4.79. The van der Waals surface area contributed by atoms with Gasteiger partial charge in [-0.05, 0) is 13.0 Å². The number of benzene rings is 1. The van der Waals surface area contributed by atoms with Crippen molar-refractivity contribution in [2.24, 2.45) is 0 Å². The molecule has 0 bridgehead atoms. The fourth-order valence-corrected chi connectivity index (χ4v) is 1.75. The molecule has 0 unspecified atom stereocenters. The highest BCUT2D eigenvalue weighted by Gasteiger charge is 2.09. The van der Waals surface area contributed by atoms with Crippen molar-refractivity contribution in [2.45, 2.75) is 19.9 Å². The molecule has 19 heavy (non-hydrogen) atoms. The van der Waals surface area contributed by atoms with Gasteiger partial charge in [0.25, 0.3) is 0 Å². The molecule has 0 aliphatic heterocycles. The highest BCUT2D eigenvalue weighted by Crippen LogP contribution is 2.30. The molecule has 0 radical (unpaired) electrons. The molecule has 0 aromatic heterocycles. The van der Waals surface area contributed by atoms with Gasteiger partial charge in [0, 0.05) is 32.1 Å². The molecule has 5 nitrogen and oxygen atoms in total. The lowest BCUT2D eigenvalue weighted by Gasteiger charge is -2.14. The molecule has 2 N–H and O–H groups in total. The summed E-state index contributed by atoms with van der Waals surface area (Å²) in [5, 5.41) is 5.80. The van der Waals surface area contributed by atoms with Crippen LogP contribution in [0, 0.1) is 0 Å². The third-order valence-electron chi connectivity index (χ3n) is 2.69. The van der Waals surface area contributed by atoms with Crippen molar-refractivity contribution in [3.8, 4) is 11.5 Å². The molecule has 1 rings (SSSR count). The molecule has 0 aliphatic rings. The zero-order valence-corrected chi connectivity index (χ0v) is 11.8. The smallest absolute Gasteiger partial charge is 0.221 e. The molecule has 0 saturated heterocycles. The minimum Gasteiger partial charge on any atom is -0.493 e. The van der Waals surface area contributed by atoms with Gasteiger partial charge in [-0.25, -0.2) is 0 Å². The lowest BCUT2D eigenvalue weighted by atomic mass is 10.2. The maximum Gasteiger partial charge on any atom is 0.221 e. The monoisotopic (exact) mass is 266 g/mol. The lowest BCUT2D eigenvalue weighted by Crippen LogP contribution is -2.24. The number of rotatable bonds is 8. The Kier molecular flexibility index (Phi) is 6.74. The first-order chi connectivity index (χ1) is 9.22. The minimum atomic E-state index is 0.0301. The van der Waals surface area contributed by atoms with Crippen LogP contribution in [0.5, 0.6) is 11.5 Å². The number of para-hydroxylation sites is 1. The average molecular weight is 266 g/mol. The van der Waals surface area contributed by atoms with E-state index in [1.54, 1.807) is 14.2 Å². The molecule has 106 valence electrons. The second kappa shape index (κ2) is 8.37. The minimum absolute atomic E-state index is 0.0301. The highest BCUT2D eigenvalue weighted by molar-refractivity contribution is 5.75. The largest absolute Gasteiger partial charge is 0.493 e. The van der Waals surface area contributed by atoms with Gasteiger partial charge >= 0.3 is 0 Å². The first kappa shape index (κ1) is 15.3. The van der Waals surface area contributed by atoms with E-state index < -0.39 is 0 Å². The standard InChI is InChI=1S/C14H22N2O3/c1-4-19-12-7-5-6-11(14(12)18-3)10-16-9-8-13(17)15-2/h5-7,16H,4,8-10H2,1-3H3,(H,15,17). The van der Waals surface area contributed by atoms with Gasteiger partial charge in [-0.15, -0.1) is 0 Å². The van der Waals surface area contributed by atoms with Crippen LogP contribution in [0.2, 0.25) is 0 Å². The van der Waals surface area contributed by atoms with Gasteiger partial charge in [-0.2, -0.15) is 0 Å². The molecule has 1 aromatic carbocycles. The van der Waals surface area contributed by atoms with Gasteiger partial charge in [0.1, 0.15) is 0 Å². The predicted molar refractivity (Wildman–Crippen MR) is 74.6 cm³/mol. The van der Waals surface area contributed by atoms with E-state index in [9.17, 15) is 4.79 Å². The fourth-order valence-electron chi connectivity index (χ4n) is 1.75. The van der Waals surface area contributed by atoms with Gasteiger partial charge in [0.05, 0.1) is 13.7 Å². The van der Waals surface area contributed by atoms with Gasteiger partial charge in [0.2, 0.25) is 5.91 Å². The molecule has 5 heteroatoms. The molecule has 0 heterocycles. The summed E-state index contributed by atoms with van der Waals surface area (Å²) in [5.74, 6) is 1.52. The number of carbonyl (C=O) groups excluding carboxylic acids is 1. The van der Waals surface area contributed by atoms with Gasteiger partial charge in [-0.3, -0.25) is 4.79 Å². The van der Waals surface area contributed by atoms with Crippen molar-refractivity contribution in [3.63, 3.8) is 0 Å². The molecule has 0 spiro atoms. The van der Waals surface area contributed by atoms with Crippen LogP contribution in [0.1, 0.15) is 18.9 Å². The summed E-state index contributed by atoms with van der Waals surface area (Å²) in [5.41, 5.74) is 1.02. The molecular weight excluding hydrogens is 244 g/mol. The molecule has 0 aliphatic carbocycles. The van der Waals surface area contributed by atoms with Crippen LogP contribution >= 0.6 is 0 Å². The summed E-state index contributed by atoms with van der Waals surface area (Å²) >= 11 is 0. The van der Waals surface area contributed by atoms with E-state index in [0.29, 0.717) is 26.1 Å². The predicted octanol–water partition coefficient (Wildman–Crippen LogP) is 1.32. The second-order valence-electron chi connectivity index (χ2n) is 3.98. The van der Waals surface area contributed by atoms with E-state index in [1.165, 1.54) is 0 Å². The van der Waals surface area contributed by atoms with Crippen LogP contribution in [0.25, 0.3) is 0 Å². The molecule has 0 fully saturated rings. The van der Waals surface area contributed by atoms with Crippen LogP contribution in [-0.2, 0) is 11.3 Å². The Morgan fingerprint density at radius 1 is 1.37 bits per heavy atom. The van der Waals surface area contributed by atoms with Crippen molar-refractivity contribution in [1.29, 1.82) is 0 Å². The summed E-state index contributed by atoms with van der Waals surface area (Å²) < 4.78 is 10.9. The first-order valence-corrected chi connectivity index (χ1v) is 6.42. The van der Waals surface area contributed by atoms with Crippen molar-refractivity contribution < 1.29 is 14.3 Å². The van der Waals surface area contributed by atoms with E-state index in [-0.39, 0.29) is 5.91 Å². The Bertz CT molecular complexity index is 408. The highest BCUT2D eigenvalue weighted by atomic mass is 16.5. The Labute approximate surface area is 114 Å². The van der Waals surface area contributed by atoms with Crippen LogP contribution in [-0.4, -0.2) is 33.2 Å². The molecule has 0 saturated carbocycles. The SMILES string of the molecule is CCOc1cccc(CNCCC(=O)NC)c1OC. The number of carbonyl (C=O) groups is 1. The van der Waals surface area contributed by atoms with Gasteiger partial charge in [-0.1, -0.05) is 12.1 Å². The first-order valence-electron chi connectivity index (χ1n) is 6.42. The number of methoxy groups -OCH3 is 1. The Balaban J connectivity index is 2.57. The molecular formula is C14H22N2O3. The van der Waals surface area contributed by atoms with E-state index >= 15 is 0 Å². The van der Waals surface area contributed by atoms with Crippen LogP contribution in [0.3, 0.4) is 0 Å². The van der Waals surface area contributed by atoms with Crippen molar-refractivity contribution in [1.82, 2.24) is 10.6 Å². The Morgan fingerprint density at radius 2 is 2.16 bits per heavy atom. The van der Waals surface area contributed by atoms with Gasteiger partial charge in [0.15, 0.2) is 11.5 Å². The summed E-state index contributed by atoms with van der Waals surface area (Å²) in [4.78, 5) is 11.1. The zero-order valence-electron chi connectivity index (χ0n) is 11.8. The molecule has 0 atom stereocenters. The normalized spacial score (nSPS) is 10.1. The topological polar surface area (TPSA) is 59.6 Å². The summed E-state index contributed by atoms with van der Waals surface area (Å²) in [7, 11) is 3.27. The van der Waals surface area contributed by atoms with E-state index in [4.69, 9.17) is 9.47 Å². The van der Waals surface area contributed by atoms with Crippen LogP contribution < -0.4 is 20.1 Å². The van der Waals surface area contributed by atoms with Crippen molar-refractivity contribution in [3.05, 3.63) is 23.8 Å². The quantitative estimate of drug-likeness (QED) is 0.697. The number of hydrogen-bond donors (Lipinski definition) is 2. The summed E-state index contributed by atoms with van der Waals surface area (Å²) in [6.45, 7) is 3.81. The number of nitrogens with one attached hydrogen (secondary N) is 2. The zero-order chi connectivity index (χ0) is 14.1. The second-order valence-corrected chi connectivity index (χ2v) is 3.98. The fraction of sp³-hybridized carbons (Fsp3) is 0.500. The number of ether oxygens (including phenoxy) is 2. The Hall–Kier alpha value is -1.75. The van der Waals surface area contributed by atoms with E-state index in [1.807, 2.05) is 25.1 Å². The van der Waals surface area contributed by atoms with E-state index in [0.717, 1.165) is 17.1 Å². The Morgan fingerprint density at radius 3 is 2.79 bits per heavy atom. The summed E-state index contributed by atoms with van der Waals surface area (Å²) in [6.07, 6.45) is 0.462. The van der Waals surface area contributed by atoms with Crippen molar-refractivity contribution >= 4 is 5.91 Å². The van der Waals surface area contributed by atoms with E-state index in [2.05, 4.69) is 10.6 Å². The molecule has 1 aromatic rings. The average Bonchev–Trinajstić information content (AvgIpc) is 2.43. The third-order valence-corrected chi connectivity index (χ3v) is 2.69. The number of hydrogen-bond acceptors (Lipinski definition) is 4. The van der Waals surface area contributed by atoms with Crippen molar-refractivity contribution in [2.75, 3.05) is 27.3 Å². The summed E-state index contributed by atoms with van der Waals surface area (Å²) in [6, 6.07) is 5.80.